The Morgan fingerprint density at radius 3 is 2.43 bits per heavy atom. The second kappa shape index (κ2) is 4.19. The molecule has 0 aliphatic heterocycles. The molecular formula is C10H5FNO2-. The molecule has 0 radical (unpaired) electrons. The van der Waals surface area contributed by atoms with Gasteiger partial charge in [0, 0.05) is 0 Å². The first-order valence-electron chi connectivity index (χ1n) is 3.72. The molecule has 0 fully saturated rings. The van der Waals surface area contributed by atoms with Crippen LogP contribution < -0.4 is 5.11 Å². The summed E-state index contributed by atoms with van der Waals surface area (Å²) in [5, 5.41) is 18.7. The van der Waals surface area contributed by atoms with E-state index in [1.807, 2.05) is 0 Å². The molecular weight excluding hydrogens is 185 g/mol. The molecule has 0 aliphatic carbocycles. The summed E-state index contributed by atoms with van der Waals surface area (Å²) in [5.74, 6) is -1.97. The van der Waals surface area contributed by atoms with Crippen LogP contribution in [0.3, 0.4) is 0 Å². The number of carbonyl (C=O) groups excluding carboxylic acids is 1. The van der Waals surface area contributed by atoms with Gasteiger partial charge in [-0.3, -0.25) is 0 Å². The summed E-state index contributed by atoms with van der Waals surface area (Å²) >= 11 is 0. The molecule has 0 amide bonds. The Morgan fingerprint density at radius 2 is 2.00 bits per heavy atom. The molecule has 0 saturated carbocycles. The lowest BCUT2D eigenvalue weighted by Crippen LogP contribution is -2.23. The SMILES string of the molecule is N#C/C(=C\c1ccc(F)cc1)C(=O)[O-]. The number of hydrogen-bond acceptors (Lipinski definition) is 3. The van der Waals surface area contributed by atoms with Crippen molar-refractivity contribution < 1.29 is 14.3 Å². The summed E-state index contributed by atoms with van der Waals surface area (Å²) < 4.78 is 12.5. The number of nitriles is 1. The first kappa shape index (κ1) is 9.93. The van der Waals surface area contributed by atoms with Gasteiger partial charge in [-0.15, -0.1) is 0 Å². The van der Waals surface area contributed by atoms with Gasteiger partial charge in [-0.05, 0) is 23.8 Å². The fourth-order valence-electron chi connectivity index (χ4n) is 0.863. The van der Waals surface area contributed by atoms with E-state index in [2.05, 4.69) is 0 Å². The van der Waals surface area contributed by atoms with E-state index < -0.39 is 17.4 Å². The van der Waals surface area contributed by atoms with Crippen molar-refractivity contribution in [3.63, 3.8) is 0 Å². The van der Waals surface area contributed by atoms with Gasteiger partial charge in [0.1, 0.15) is 11.9 Å². The molecule has 1 aromatic rings. The smallest absolute Gasteiger partial charge is 0.123 e. The van der Waals surface area contributed by atoms with E-state index in [0.29, 0.717) is 5.56 Å². The van der Waals surface area contributed by atoms with E-state index in [9.17, 15) is 14.3 Å². The molecule has 0 aliphatic rings. The van der Waals surface area contributed by atoms with Crippen molar-refractivity contribution in [2.45, 2.75) is 0 Å². The van der Waals surface area contributed by atoms with Crippen molar-refractivity contribution >= 4 is 12.0 Å². The third kappa shape index (κ3) is 2.42. The minimum atomic E-state index is -1.54. The Hall–Kier alpha value is -2.15. The zero-order chi connectivity index (χ0) is 10.6. The lowest BCUT2D eigenvalue weighted by atomic mass is 10.1. The lowest BCUT2D eigenvalue weighted by Gasteiger charge is -1.98. The highest BCUT2D eigenvalue weighted by atomic mass is 19.1. The Labute approximate surface area is 79.7 Å². The summed E-state index contributed by atoms with van der Waals surface area (Å²) in [6, 6.07) is 6.56. The number of carboxylic acid groups (broad SMARTS) is 1. The second-order valence-corrected chi connectivity index (χ2v) is 2.51. The molecule has 0 aromatic heterocycles. The second-order valence-electron chi connectivity index (χ2n) is 2.51. The van der Waals surface area contributed by atoms with Gasteiger partial charge in [0.05, 0.1) is 11.5 Å². The molecule has 0 atom stereocenters. The zero-order valence-corrected chi connectivity index (χ0v) is 7.03. The maximum absolute atomic E-state index is 12.5. The molecule has 0 N–H and O–H groups in total. The molecule has 14 heavy (non-hydrogen) atoms. The van der Waals surface area contributed by atoms with Gasteiger partial charge in [0.25, 0.3) is 0 Å². The Bertz CT molecular complexity index is 415. The van der Waals surface area contributed by atoms with Crippen molar-refractivity contribution in [2.75, 3.05) is 0 Å². The summed E-state index contributed by atoms with van der Waals surface area (Å²) in [5.41, 5.74) is -0.0521. The van der Waals surface area contributed by atoms with Crippen molar-refractivity contribution in [1.82, 2.24) is 0 Å². The third-order valence-electron chi connectivity index (χ3n) is 1.52. The van der Waals surface area contributed by atoms with Crippen LogP contribution in [-0.4, -0.2) is 5.97 Å². The summed E-state index contributed by atoms with van der Waals surface area (Å²) in [4.78, 5) is 10.3. The van der Waals surface area contributed by atoms with Gasteiger partial charge in [-0.2, -0.15) is 5.26 Å². The third-order valence-corrected chi connectivity index (χ3v) is 1.52. The summed E-state index contributed by atoms with van der Waals surface area (Å²) in [7, 11) is 0. The highest BCUT2D eigenvalue weighted by Gasteiger charge is 1.96. The van der Waals surface area contributed by atoms with Crippen LogP contribution in [0.15, 0.2) is 29.8 Å². The molecule has 4 heteroatoms. The van der Waals surface area contributed by atoms with Crippen molar-refractivity contribution in [3.8, 4) is 6.07 Å². The number of aliphatic carboxylic acids is 1. The number of rotatable bonds is 2. The predicted molar refractivity (Wildman–Crippen MR) is 45.0 cm³/mol. The molecule has 0 spiro atoms. The van der Waals surface area contributed by atoms with E-state index in [0.717, 1.165) is 6.08 Å². The van der Waals surface area contributed by atoms with Gasteiger partial charge in [0.15, 0.2) is 0 Å². The maximum Gasteiger partial charge on any atom is 0.123 e. The van der Waals surface area contributed by atoms with Gasteiger partial charge in [-0.25, -0.2) is 4.39 Å². The van der Waals surface area contributed by atoms with Crippen LogP contribution in [0.1, 0.15) is 5.56 Å². The van der Waals surface area contributed by atoms with Crippen LogP contribution in [0.2, 0.25) is 0 Å². The van der Waals surface area contributed by atoms with Gasteiger partial charge in [-0.1, -0.05) is 12.1 Å². The topological polar surface area (TPSA) is 63.9 Å². The zero-order valence-electron chi connectivity index (χ0n) is 7.03. The number of hydrogen-bond donors (Lipinski definition) is 0. The van der Waals surface area contributed by atoms with Gasteiger partial charge in [0.2, 0.25) is 0 Å². The number of carboxylic acids is 1. The first-order valence-corrected chi connectivity index (χ1v) is 3.72. The number of nitrogens with zero attached hydrogens (tertiary/aromatic N) is 1. The van der Waals surface area contributed by atoms with Crippen LogP contribution in [0.4, 0.5) is 4.39 Å². The molecule has 1 rings (SSSR count). The fourth-order valence-corrected chi connectivity index (χ4v) is 0.863. The highest BCUT2D eigenvalue weighted by molar-refractivity contribution is 5.94. The Morgan fingerprint density at radius 1 is 1.43 bits per heavy atom. The van der Waals surface area contributed by atoms with Crippen LogP contribution in [0.25, 0.3) is 6.08 Å². The van der Waals surface area contributed by atoms with E-state index in [1.54, 1.807) is 0 Å². The largest absolute Gasteiger partial charge is 0.544 e. The molecule has 0 unspecified atom stereocenters. The van der Waals surface area contributed by atoms with Gasteiger partial charge >= 0.3 is 0 Å². The normalized spacial score (nSPS) is 10.7. The Kier molecular flexibility index (Phi) is 2.97. The predicted octanol–water partition coefficient (Wildman–Crippen LogP) is 0.483. The van der Waals surface area contributed by atoms with Crippen LogP contribution in [0, 0.1) is 17.1 Å². The van der Waals surface area contributed by atoms with Gasteiger partial charge < -0.3 is 9.90 Å². The first-order chi connectivity index (χ1) is 6.63. The van der Waals surface area contributed by atoms with Crippen molar-refractivity contribution in [3.05, 3.63) is 41.2 Å². The van der Waals surface area contributed by atoms with Crippen LogP contribution in [0.5, 0.6) is 0 Å². The number of carbonyl (C=O) groups is 1. The van der Waals surface area contributed by atoms with E-state index in [-0.39, 0.29) is 0 Å². The fraction of sp³-hybridized carbons (Fsp3) is 0. The highest BCUT2D eigenvalue weighted by Crippen LogP contribution is 2.07. The molecule has 3 nitrogen and oxygen atoms in total. The molecule has 0 heterocycles. The minimum Gasteiger partial charge on any atom is -0.544 e. The van der Waals surface area contributed by atoms with Crippen LogP contribution >= 0.6 is 0 Å². The summed E-state index contributed by atoms with van der Waals surface area (Å²) in [6.07, 6.45) is 1.12. The maximum atomic E-state index is 12.5. The molecule has 0 saturated heterocycles. The van der Waals surface area contributed by atoms with Crippen molar-refractivity contribution in [1.29, 1.82) is 5.26 Å². The summed E-state index contributed by atoms with van der Waals surface area (Å²) in [6.45, 7) is 0. The molecule has 1 aromatic carbocycles. The number of halogens is 1. The monoisotopic (exact) mass is 190 g/mol. The Balaban J connectivity index is 3.03. The van der Waals surface area contributed by atoms with E-state index in [1.165, 1.54) is 30.3 Å². The molecule has 0 bridgehead atoms. The lowest BCUT2D eigenvalue weighted by molar-refractivity contribution is -0.298. The van der Waals surface area contributed by atoms with E-state index in [4.69, 9.17) is 5.26 Å². The minimum absolute atomic E-state index is 0.422. The average molecular weight is 190 g/mol. The number of benzene rings is 1. The average Bonchev–Trinajstić information content (AvgIpc) is 2.16. The van der Waals surface area contributed by atoms with Crippen molar-refractivity contribution in [2.24, 2.45) is 0 Å². The van der Waals surface area contributed by atoms with E-state index >= 15 is 0 Å². The van der Waals surface area contributed by atoms with Crippen LogP contribution in [-0.2, 0) is 4.79 Å². The standard InChI is InChI=1S/C10H6FNO2/c11-9-3-1-7(2-4-9)5-8(6-12)10(13)14/h1-5H,(H,13,14)/p-1/b8-5+. The molecule has 70 valence electrons. The quantitative estimate of drug-likeness (QED) is 0.503.